The summed E-state index contributed by atoms with van der Waals surface area (Å²) in [5.74, 6) is 1.75. The van der Waals surface area contributed by atoms with Gasteiger partial charge >= 0.3 is 0 Å². The number of nitrogens with one attached hydrogen (secondary N) is 1. The Morgan fingerprint density at radius 3 is 2.68 bits per heavy atom. The number of amides is 1. The molecule has 2 rings (SSSR count). The van der Waals surface area contributed by atoms with Gasteiger partial charge in [-0.05, 0) is 44.2 Å². The summed E-state index contributed by atoms with van der Waals surface area (Å²) in [7, 11) is 0. The van der Waals surface area contributed by atoms with E-state index in [0.717, 1.165) is 5.69 Å². The molecule has 1 aromatic heterocycles. The maximum atomic E-state index is 11.0. The lowest BCUT2D eigenvalue weighted by Gasteiger charge is -2.09. The minimum Gasteiger partial charge on any atom is -0.494 e. The van der Waals surface area contributed by atoms with Crippen LogP contribution in [-0.4, -0.2) is 23.5 Å². The Morgan fingerprint density at radius 2 is 2.08 bits per heavy atom. The number of halogens is 1. The predicted octanol–water partition coefficient (Wildman–Crippen LogP) is 4.46. The van der Waals surface area contributed by atoms with Crippen LogP contribution in [0, 0.1) is 0 Å². The highest BCUT2D eigenvalue weighted by atomic mass is 35.5. The Labute approximate surface area is 152 Å². The molecule has 0 saturated carbocycles. The molecule has 0 aliphatic rings. The van der Waals surface area contributed by atoms with Crippen molar-refractivity contribution in [2.75, 3.05) is 6.61 Å². The third kappa shape index (κ3) is 6.12. The number of hydrogen-bond acceptors (Lipinski definition) is 4. The molecule has 25 heavy (non-hydrogen) atoms. The Hall–Kier alpha value is -2.53. The van der Waals surface area contributed by atoms with Gasteiger partial charge in [-0.3, -0.25) is 9.78 Å². The first-order chi connectivity index (χ1) is 12.0. The number of benzene rings is 1. The van der Waals surface area contributed by atoms with Gasteiger partial charge in [-0.15, -0.1) is 0 Å². The van der Waals surface area contributed by atoms with Crippen molar-refractivity contribution < 1.29 is 14.3 Å². The molecule has 0 radical (unpaired) electrons. The number of pyridine rings is 1. The van der Waals surface area contributed by atoms with Crippen LogP contribution in [0.2, 0.25) is 5.02 Å². The van der Waals surface area contributed by atoms with Crippen molar-refractivity contribution in [2.45, 2.75) is 26.8 Å². The third-order valence-electron chi connectivity index (χ3n) is 3.19. The maximum Gasteiger partial charge on any atom is 0.217 e. The van der Waals surface area contributed by atoms with Gasteiger partial charge in [0.2, 0.25) is 5.91 Å². The topological polar surface area (TPSA) is 60.5 Å². The van der Waals surface area contributed by atoms with Crippen LogP contribution in [0.1, 0.15) is 26.5 Å². The number of rotatable bonds is 7. The van der Waals surface area contributed by atoms with Gasteiger partial charge in [0.1, 0.15) is 17.2 Å². The van der Waals surface area contributed by atoms with Crippen molar-refractivity contribution >= 4 is 23.6 Å². The Bertz CT molecular complexity index is 745. The van der Waals surface area contributed by atoms with Crippen LogP contribution in [-0.2, 0) is 4.79 Å². The van der Waals surface area contributed by atoms with E-state index in [4.69, 9.17) is 21.1 Å². The average molecular weight is 361 g/mol. The first-order valence-corrected chi connectivity index (χ1v) is 8.37. The van der Waals surface area contributed by atoms with E-state index in [9.17, 15) is 4.79 Å². The van der Waals surface area contributed by atoms with Crippen molar-refractivity contribution in [3.63, 3.8) is 0 Å². The van der Waals surface area contributed by atoms with Gasteiger partial charge < -0.3 is 14.8 Å². The molecule has 0 bridgehead atoms. The fourth-order valence-electron chi connectivity index (χ4n) is 2.11. The highest BCUT2D eigenvalue weighted by molar-refractivity contribution is 6.32. The zero-order valence-electron chi connectivity index (χ0n) is 14.5. The fourth-order valence-corrected chi connectivity index (χ4v) is 2.32. The first kappa shape index (κ1) is 18.8. The monoisotopic (exact) mass is 360 g/mol. The van der Waals surface area contributed by atoms with Crippen molar-refractivity contribution in [3.8, 4) is 17.2 Å². The highest BCUT2D eigenvalue weighted by Crippen LogP contribution is 2.32. The quantitative estimate of drug-likeness (QED) is 0.791. The second kappa shape index (κ2) is 9.08. The van der Waals surface area contributed by atoms with Crippen LogP contribution in [0.25, 0.3) is 6.08 Å². The summed E-state index contributed by atoms with van der Waals surface area (Å²) in [5, 5.41) is 3.25. The van der Waals surface area contributed by atoms with Gasteiger partial charge in [-0.1, -0.05) is 17.7 Å². The van der Waals surface area contributed by atoms with E-state index in [1.54, 1.807) is 24.4 Å². The van der Waals surface area contributed by atoms with Crippen LogP contribution in [0.3, 0.4) is 0 Å². The van der Waals surface area contributed by atoms with Crippen molar-refractivity contribution in [3.05, 3.63) is 53.3 Å². The molecule has 0 spiro atoms. The van der Waals surface area contributed by atoms with Crippen molar-refractivity contribution in [2.24, 2.45) is 0 Å². The number of carbonyl (C=O) groups excluding carboxylic acids is 1. The number of ether oxygens (including phenoxy) is 2. The number of hydrogen-bond donors (Lipinski definition) is 1. The van der Waals surface area contributed by atoms with Crippen LogP contribution >= 0.6 is 11.6 Å². The molecule has 0 aliphatic heterocycles. The fraction of sp³-hybridized carbons (Fsp3) is 0.263. The second-order valence-electron chi connectivity index (χ2n) is 5.39. The van der Waals surface area contributed by atoms with Gasteiger partial charge in [0, 0.05) is 19.0 Å². The zero-order valence-corrected chi connectivity index (χ0v) is 15.2. The molecule has 0 saturated heterocycles. The molecule has 132 valence electrons. The molecule has 1 amide bonds. The molecule has 1 aromatic carbocycles. The summed E-state index contributed by atoms with van der Waals surface area (Å²) in [6, 6.07) is 8.86. The van der Waals surface area contributed by atoms with Crippen molar-refractivity contribution in [1.29, 1.82) is 0 Å². The molecule has 1 N–H and O–H groups in total. The molecular formula is C19H21ClN2O3. The average Bonchev–Trinajstić information content (AvgIpc) is 2.56. The SMILES string of the molecule is CCOc1ccc(Oc2ccc(/C=C/[C@H](C)NC(C)=O)nc2)c(Cl)c1. The Morgan fingerprint density at radius 1 is 1.32 bits per heavy atom. The lowest BCUT2D eigenvalue weighted by atomic mass is 10.2. The minimum atomic E-state index is -0.0684. The summed E-state index contributed by atoms with van der Waals surface area (Å²) < 4.78 is 11.1. The number of carbonyl (C=O) groups is 1. The third-order valence-corrected chi connectivity index (χ3v) is 3.48. The van der Waals surface area contributed by atoms with Gasteiger partial charge in [-0.25, -0.2) is 0 Å². The van der Waals surface area contributed by atoms with Crippen LogP contribution in [0.4, 0.5) is 0 Å². The smallest absolute Gasteiger partial charge is 0.217 e. The van der Waals surface area contributed by atoms with E-state index in [-0.39, 0.29) is 11.9 Å². The summed E-state index contributed by atoms with van der Waals surface area (Å²) in [4.78, 5) is 15.3. The molecular weight excluding hydrogens is 340 g/mol. The summed E-state index contributed by atoms with van der Waals surface area (Å²) in [6.07, 6.45) is 5.33. The zero-order chi connectivity index (χ0) is 18.2. The maximum absolute atomic E-state index is 11.0. The van der Waals surface area contributed by atoms with E-state index in [1.165, 1.54) is 6.92 Å². The molecule has 0 unspecified atom stereocenters. The van der Waals surface area contributed by atoms with Gasteiger partial charge in [0.05, 0.1) is 23.5 Å². The van der Waals surface area contributed by atoms with Gasteiger partial charge in [-0.2, -0.15) is 0 Å². The molecule has 0 aliphatic carbocycles. The van der Waals surface area contributed by atoms with Crippen molar-refractivity contribution in [1.82, 2.24) is 10.3 Å². The lowest BCUT2D eigenvalue weighted by Crippen LogP contribution is -2.28. The van der Waals surface area contributed by atoms with E-state index in [1.807, 2.05) is 38.1 Å². The summed E-state index contributed by atoms with van der Waals surface area (Å²) in [5.41, 5.74) is 0.766. The summed E-state index contributed by atoms with van der Waals surface area (Å²) in [6.45, 7) is 5.87. The molecule has 1 atom stereocenters. The first-order valence-electron chi connectivity index (χ1n) is 7.99. The van der Waals surface area contributed by atoms with E-state index in [2.05, 4.69) is 10.3 Å². The molecule has 1 heterocycles. The highest BCUT2D eigenvalue weighted by Gasteiger charge is 2.06. The van der Waals surface area contributed by atoms with Crippen LogP contribution in [0.15, 0.2) is 42.6 Å². The normalized spacial score (nSPS) is 12.0. The van der Waals surface area contributed by atoms with E-state index in [0.29, 0.717) is 28.9 Å². The second-order valence-corrected chi connectivity index (χ2v) is 5.80. The number of aromatic nitrogens is 1. The largest absolute Gasteiger partial charge is 0.494 e. The summed E-state index contributed by atoms with van der Waals surface area (Å²) >= 11 is 6.20. The van der Waals surface area contributed by atoms with Crippen LogP contribution < -0.4 is 14.8 Å². The Balaban J connectivity index is 2.00. The van der Waals surface area contributed by atoms with E-state index < -0.39 is 0 Å². The van der Waals surface area contributed by atoms with Gasteiger partial charge in [0.25, 0.3) is 0 Å². The van der Waals surface area contributed by atoms with E-state index >= 15 is 0 Å². The van der Waals surface area contributed by atoms with Gasteiger partial charge in [0.15, 0.2) is 0 Å². The minimum absolute atomic E-state index is 0.0575. The lowest BCUT2D eigenvalue weighted by molar-refractivity contribution is -0.119. The molecule has 0 fully saturated rings. The van der Waals surface area contributed by atoms with Crippen LogP contribution in [0.5, 0.6) is 17.2 Å². The molecule has 6 heteroatoms. The Kier molecular flexibility index (Phi) is 6.83. The predicted molar refractivity (Wildman–Crippen MR) is 99.2 cm³/mol. The molecule has 2 aromatic rings. The molecule has 5 nitrogen and oxygen atoms in total. The standard InChI is InChI=1S/C19H21ClN2O3/c1-4-24-16-9-10-19(18(20)11-16)25-17-8-7-15(21-12-17)6-5-13(2)22-14(3)23/h5-13H,4H2,1-3H3,(H,22,23)/b6-5+/t13-/m0/s1. The number of nitrogens with zero attached hydrogens (tertiary/aromatic N) is 1.